The fourth-order valence-corrected chi connectivity index (χ4v) is 4.53. The number of carbonyl (C=O) groups is 1. The molecule has 5 heteroatoms. The smallest absolute Gasteiger partial charge is 0.373 e. The van der Waals surface area contributed by atoms with Crippen LogP contribution in [0.1, 0.15) is 50.6 Å². The summed E-state index contributed by atoms with van der Waals surface area (Å²) in [5.41, 5.74) is 3.00. The minimum Gasteiger partial charge on any atom is -0.457 e. The van der Waals surface area contributed by atoms with Crippen LogP contribution >= 0.6 is 11.3 Å². The summed E-state index contributed by atoms with van der Waals surface area (Å²) in [6.45, 7) is 9.09. The van der Waals surface area contributed by atoms with Gasteiger partial charge in [-0.05, 0) is 30.6 Å². The van der Waals surface area contributed by atoms with E-state index in [0.29, 0.717) is 24.2 Å². The zero-order chi connectivity index (χ0) is 17.0. The molecule has 1 aromatic heterocycles. The molecule has 2 rings (SSSR count). The molecule has 0 unspecified atom stereocenters. The van der Waals surface area contributed by atoms with Crippen molar-refractivity contribution in [1.82, 2.24) is 0 Å². The molecule has 1 heterocycles. The topological polar surface area (TPSA) is 50.4 Å². The first kappa shape index (κ1) is 18.4. The number of rotatable bonds is 6. The standard InChI is InChI=1S/C18H30NO3S/c1-12(2)15-6-5-13(3)9-16(15)22-18(21)10-19-11-23-17(7-8-20)14(19)4/h11-13,15-16,20H,5-10H2,1-4H3/q+1/t13-,15+,16+/m1/s1. The zero-order valence-corrected chi connectivity index (χ0v) is 15.6. The Hall–Kier alpha value is -0.940. The predicted molar refractivity (Wildman–Crippen MR) is 91.3 cm³/mol. The number of ether oxygens (including phenoxy) is 1. The van der Waals surface area contributed by atoms with Crippen molar-refractivity contribution in [3.8, 4) is 0 Å². The van der Waals surface area contributed by atoms with Gasteiger partial charge in [-0.1, -0.05) is 38.5 Å². The Labute approximate surface area is 143 Å². The van der Waals surface area contributed by atoms with Crippen LogP contribution in [-0.2, 0) is 22.5 Å². The molecule has 0 spiro atoms. The summed E-state index contributed by atoms with van der Waals surface area (Å²) in [4.78, 5) is 13.5. The van der Waals surface area contributed by atoms with E-state index >= 15 is 0 Å². The minimum absolute atomic E-state index is 0.0581. The molecule has 0 amide bonds. The summed E-state index contributed by atoms with van der Waals surface area (Å²) in [7, 11) is 0. The predicted octanol–water partition coefficient (Wildman–Crippen LogP) is 2.88. The summed E-state index contributed by atoms with van der Waals surface area (Å²) in [5, 5.41) is 9.06. The lowest BCUT2D eigenvalue weighted by Crippen LogP contribution is -2.43. The molecule has 0 saturated heterocycles. The van der Waals surface area contributed by atoms with Crippen LogP contribution in [-0.4, -0.2) is 23.8 Å². The summed E-state index contributed by atoms with van der Waals surface area (Å²) in [6.07, 6.45) is 4.08. The van der Waals surface area contributed by atoms with Crippen LogP contribution in [0.15, 0.2) is 5.51 Å². The number of esters is 1. The fourth-order valence-electron chi connectivity index (χ4n) is 3.54. The minimum atomic E-state index is -0.142. The van der Waals surface area contributed by atoms with E-state index in [9.17, 15) is 4.79 Å². The molecule has 3 atom stereocenters. The molecule has 0 bridgehead atoms. The Morgan fingerprint density at radius 3 is 2.87 bits per heavy atom. The van der Waals surface area contributed by atoms with Crippen molar-refractivity contribution in [3.05, 3.63) is 16.1 Å². The van der Waals surface area contributed by atoms with Gasteiger partial charge in [0.2, 0.25) is 12.1 Å². The molecule has 4 nitrogen and oxygen atoms in total. The number of aromatic nitrogens is 1. The number of hydrogen-bond donors (Lipinski definition) is 1. The normalized spacial score (nSPS) is 24.9. The SMILES string of the molecule is Cc1c(CCO)sc[n+]1CC(=O)O[C@H]1C[C@H](C)CC[C@H]1C(C)C. The van der Waals surface area contributed by atoms with Gasteiger partial charge in [-0.2, -0.15) is 4.57 Å². The van der Waals surface area contributed by atoms with E-state index in [1.54, 1.807) is 11.3 Å². The van der Waals surface area contributed by atoms with Crippen LogP contribution in [0.2, 0.25) is 0 Å². The average Bonchev–Trinajstić information content (AvgIpc) is 2.80. The second-order valence-corrected chi connectivity index (χ2v) is 8.13. The quantitative estimate of drug-likeness (QED) is 0.640. The lowest BCUT2D eigenvalue weighted by molar-refractivity contribution is -0.687. The molecule has 23 heavy (non-hydrogen) atoms. The summed E-state index contributed by atoms with van der Waals surface area (Å²) in [5.74, 6) is 1.52. The first-order chi connectivity index (χ1) is 10.9. The molecule has 1 saturated carbocycles. The fraction of sp³-hybridized carbons (Fsp3) is 0.778. The molecule has 1 fully saturated rings. The Bertz CT molecular complexity index is 526. The molecule has 1 aliphatic rings. The third-order valence-electron chi connectivity index (χ3n) is 5.04. The first-order valence-electron chi connectivity index (χ1n) is 8.69. The van der Waals surface area contributed by atoms with Gasteiger partial charge in [0.15, 0.2) is 5.69 Å². The highest BCUT2D eigenvalue weighted by atomic mass is 32.1. The number of aliphatic hydroxyl groups excluding tert-OH is 1. The molecular formula is C18H30NO3S+. The monoisotopic (exact) mass is 340 g/mol. The maximum Gasteiger partial charge on any atom is 0.373 e. The second kappa shape index (κ2) is 8.25. The highest BCUT2D eigenvalue weighted by Crippen LogP contribution is 2.35. The molecule has 1 aliphatic carbocycles. The van der Waals surface area contributed by atoms with Crippen LogP contribution in [0.25, 0.3) is 0 Å². The van der Waals surface area contributed by atoms with Gasteiger partial charge in [-0.15, -0.1) is 0 Å². The van der Waals surface area contributed by atoms with Crippen molar-refractivity contribution in [1.29, 1.82) is 0 Å². The van der Waals surface area contributed by atoms with Crippen molar-refractivity contribution in [2.45, 2.75) is 66.0 Å². The molecule has 1 aromatic rings. The lowest BCUT2D eigenvalue weighted by Gasteiger charge is -2.36. The van der Waals surface area contributed by atoms with Gasteiger partial charge in [0, 0.05) is 20.0 Å². The van der Waals surface area contributed by atoms with E-state index in [4.69, 9.17) is 9.84 Å². The van der Waals surface area contributed by atoms with Crippen molar-refractivity contribution in [2.75, 3.05) is 6.61 Å². The number of thiazole rings is 1. The number of aliphatic hydroxyl groups is 1. The maximum absolute atomic E-state index is 12.4. The Morgan fingerprint density at radius 1 is 1.48 bits per heavy atom. The number of carbonyl (C=O) groups excluding carboxylic acids is 1. The molecule has 0 aliphatic heterocycles. The molecule has 130 valence electrons. The van der Waals surface area contributed by atoms with Crippen LogP contribution in [0, 0.1) is 24.7 Å². The van der Waals surface area contributed by atoms with Gasteiger partial charge in [0.1, 0.15) is 6.10 Å². The molecule has 0 radical (unpaired) electrons. The van der Waals surface area contributed by atoms with Gasteiger partial charge in [-0.3, -0.25) is 0 Å². The van der Waals surface area contributed by atoms with Crippen LogP contribution in [0.5, 0.6) is 0 Å². The first-order valence-corrected chi connectivity index (χ1v) is 9.57. The van der Waals surface area contributed by atoms with Crippen molar-refractivity contribution >= 4 is 17.3 Å². The summed E-state index contributed by atoms with van der Waals surface area (Å²) >= 11 is 1.59. The number of nitrogens with zero attached hydrogens (tertiary/aromatic N) is 1. The van der Waals surface area contributed by atoms with E-state index in [1.807, 2.05) is 17.0 Å². The van der Waals surface area contributed by atoms with E-state index in [2.05, 4.69) is 20.8 Å². The van der Waals surface area contributed by atoms with Gasteiger partial charge in [0.05, 0.1) is 4.88 Å². The van der Waals surface area contributed by atoms with Crippen LogP contribution < -0.4 is 4.57 Å². The van der Waals surface area contributed by atoms with Gasteiger partial charge in [0.25, 0.3) is 0 Å². The van der Waals surface area contributed by atoms with E-state index < -0.39 is 0 Å². The highest BCUT2D eigenvalue weighted by Gasteiger charge is 2.34. The largest absolute Gasteiger partial charge is 0.457 e. The Balaban J connectivity index is 1.97. The van der Waals surface area contributed by atoms with Gasteiger partial charge < -0.3 is 9.84 Å². The molecule has 0 aromatic carbocycles. The third-order valence-corrected chi connectivity index (χ3v) is 6.18. The zero-order valence-electron chi connectivity index (χ0n) is 14.7. The van der Waals surface area contributed by atoms with E-state index in [1.165, 1.54) is 6.42 Å². The maximum atomic E-state index is 12.4. The van der Waals surface area contributed by atoms with Crippen molar-refractivity contribution in [2.24, 2.45) is 17.8 Å². The van der Waals surface area contributed by atoms with Crippen LogP contribution in [0.4, 0.5) is 0 Å². The van der Waals surface area contributed by atoms with Gasteiger partial charge >= 0.3 is 5.97 Å². The summed E-state index contributed by atoms with van der Waals surface area (Å²) < 4.78 is 7.80. The molecule has 1 N–H and O–H groups in total. The third kappa shape index (κ3) is 4.77. The Kier molecular flexibility index (Phi) is 6.60. The van der Waals surface area contributed by atoms with Crippen LogP contribution in [0.3, 0.4) is 0 Å². The lowest BCUT2D eigenvalue weighted by atomic mass is 9.75. The van der Waals surface area contributed by atoms with Crippen molar-refractivity contribution < 1.29 is 19.2 Å². The van der Waals surface area contributed by atoms with E-state index in [0.717, 1.165) is 23.4 Å². The van der Waals surface area contributed by atoms with Gasteiger partial charge in [-0.25, -0.2) is 4.79 Å². The molecular weight excluding hydrogens is 310 g/mol. The second-order valence-electron chi connectivity index (χ2n) is 7.19. The van der Waals surface area contributed by atoms with Crippen molar-refractivity contribution in [3.63, 3.8) is 0 Å². The summed E-state index contributed by atoms with van der Waals surface area (Å²) in [6, 6.07) is 0. The van der Waals surface area contributed by atoms with E-state index in [-0.39, 0.29) is 25.2 Å². The average molecular weight is 341 g/mol. The highest BCUT2D eigenvalue weighted by molar-refractivity contribution is 7.09. The number of hydrogen-bond acceptors (Lipinski definition) is 4. The Morgan fingerprint density at radius 2 is 2.22 bits per heavy atom.